The number of nitrogens with one attached hydrogen (secondary N) is 2. The summed E-state index contributed by atoms with van der Waals surface area (Å²) in [5, 5.41) is 0. The lowest BCUT2D eigenvalue weighted by Crippen LogP contribution is -2.32. The molecule has 0 atom stereocenters. The number of aryl methyl sites for hydroxylation is 2. The monoisotopic (exact) mass is 271 g/mol. The van der Waals surface area contributed by atoms with E-state index in [0.29, 0.717) is 6.54 Å². The van der Waals surface area contributed by atoms with Gasteiger partial charge in [0.25, 0.3) is 0 Å². The first-order chi connectivity index (χ1) is 9.65. The summed E-state index contributed by atoms with van der Waals surface area (Å²) >= 11 is 0. The molecule has 0 spiro atoms. The van der Waals surface area contributed by atoms with Crippen molar-refractivity contribution in [2.75, 3.05) is 18.0 Å². The lowest BCUT2D eigenvalue weighted by molar-refractivity contribution is -0.389. The molecule has 0 radical (unpaired) electrons. The van der Waals surface area contributed by atoms with Crippen LogP contribution in [0.3, 0.4) is 0 Å². The van der Waals surface area contributed by atoms with Gasteiger partial charge in [-0.1, -0.05) is 12.1 Å². The fraction of sp³-hybridized carbons (Fsp3) is 0.333. The topological polar surface area (TPSA) is 53.5 Å². The highest BCUT2D eigenvalue weighted by molar-refractivity contribution is 5.94. The van der Waals surface area contributed by atoms with Gasteiger partial charge in [-0.15, -0.1) is 0 Å². The molecule has 0 aliphatic carbocycles. The second-order valence-corrected chi connectivity index (χ2v) is 5.23. The third-order valence-corrected chi connectivity index (χ3v) is 3.74. The van der Waals surface area contributed by atoms with E-state index in [4.69, 9.17) is 0 Å². The summed E-state index contributed by atoms with van der Waals surface area (Å²) in [4.78, 5) is 22.4. The Morgan fingerprint density at radius 3 is 2.85 bits per heavy atom. The number of rotatable bonds is 3. The number of aromatic nitrogens is 2. The number of nitrogens with zero attached hydrogens (tertiary/aromatic N) is 2. The van der Waals surface area contributed by atoms with Crippen molar-refractivity contribution in [1.29, 1.82) is 0 Å². The van der Waals surface area contributed by atoms with Crippen molar-refractivity contribution in [3.05, 3.63) is 47.5 Å². The Bertz CT molecular complexity index is 634. The number of carbonyl (C=O) groups is 1. The van der Waals surface area contributed by atoms with Gasteiger partial charge in [0.15, 0.2) is 5.69 Å². The van der Waals surface area contributed by atoms with E-state index in [2.05, 4.69) is 16.0 Å². The summed E-state index contributed by atoms with van der Waals surface area (Å²) in [6, 6.07) is 8.14. The van der Waals surface area contributed by atoms with Crippen LogP contribution in [0, 0.1) is 13.8 Å². The van der Waals surface area contributed by atoms with Crippen molar-refractivity contribution in [2.45, 2.75) is 20.4 Å². The molecule has 0 bridgehead atoms. The molecule has 2 aromatic rings. The first-order valence-electron chi connectivity index (χ1n) is 6.83. The standard InChI is InChI=1S/C15H18N4O/c1-11-4-3-5-13(8-11)19-7-6-18(15(19)20)9-14-12(2)16-10-17-14/h3-5,8,10H,6-7,9H2,1-2H3,(H,16,17)/p+1. The largest absolute Gasteiger partial charge is 0.325 e. The second-order valence-electron chi connectivity index (χ2n) is 5.23. The molecule has 20 heavy (non-hydrogen) atoms. The summed E-state index contributed by atoms with van der Waals surface area (Å²) < 4.78 is 0. The van der Waals surface area contributed by atoms with E-state index >= 15 is 0 Å². The molecule has 5 nitrogen and oxygen atoms in total. The maximum absolute atomic E-state index is 12.5. The minimum absolute atomic E-state index is 0.0737. The molecule has 104 valence electrons. The minimum Gasteiger partial charge on any atom is -0.314 e. The minimum atomic E-state index is 0.0737. The van der Waals surface area contributed by atoms with E-state index in [1.807, 2.05) is 41.8 Å². The summed E-state index contributed by atoms with van der Waals surface area (Å²) in [5.41, 5.74) is 4.28. The number of amides is 2. The highest BCUT2D eigenvalue weighted by Crippen LogP contribution is 2.22. The Balaban J connectivity index is 1.76. The molecule has 0 unspecified atom stereocenters. The van der Waals surface area contributed by atoms with E-state index in [9.17, 15) is 4.79 Å². The Kier molecular flexibility index (Phi) is 3.18. The Morgan fingerprint density at radius 1 is 1.30 bits per heavy atom. The van der Waals surface area contributed by atoms with Gasteiger partial charge >= 0.3 is 6.03 Å². The molecule has 0 saturated carbocycles. The first-order valence-corrected chi connectivity index (χ1v) is 6.83. The molecule has 5 heteroatoms. The molecule has 1 aromatic heterocycles. The summed E-state index contributed by atoms with van der Waals surface area (Å²) in [7, 11) is 0. The average Bonchev–Trinajstić information content (AvgIpc) is 2.98. The highest BCUT2D eigenvalue weighted by Gasteiger charge is 2.30. The van der Waals surface area contributed by atoms with Gasteiger partial charge in [0.1, 0.15) is 5.69 Å². The van der Waals surface area contributed by atoms with Gasteiger partial charge in [0, 0.05) is 25.7 Å². The molecular formula is C15H19N4O+. The summed E-state index contributed by atoms with van der Waals surface area (Å²) in [5.74, 6) is 0. The second kappa shape index (κ2) is 5.00. The van der Waals surface area contributed by atoms with Crippen LogP contribution in [0.1, 0.15) is 17.0 Å². The molecule has 2 N–H and O–H groups in total. The number of anilines is 1. The Labute approximate surface area is 118 Å². The first kappa shape index (κ1) is 12.7. The van der Waals surface area contributed by atoms with Crippen LogP contribution in [0.25, 0.3) is 0 Å². The fourth-order valence-electron chi connectivity index (χ4n) is 2.55. The van der Waals surface area contributed by atoms with Crippen LogP contribution in [-0.2, 0) is 6.54 Å². The van der Waals surface area contributed by atoms with Crippen molar-refractivity contribution in [2.24, 2.45) is 0 Å². The number of urea groups is 1. The molecule has 1 saturated heterocycles. The van der Waals surface area contributed by atoms with Crippen molar-refractivity contribution in [1.82, 2.24) is 9.88 Å². The lowest BCUT2D eigenvalue weighted by Gasteiger charge is -2.18. The van der Waals surface area contributed by atoms with Crippen LogP contribution in [0.15, 0.2) is 30.6 Å². The lowest BCUT2D eigenvalue weighted by atomic mass is 10.2. The van der Waals surface area contributed by atoms with E-state index in [1.54, 1.807) is 6.33 Å². The quantitative estimate of drug-likeness (QED) is 0.910. The summed E-state index contributed by atoms with van der Waals surface area (Å²) in [6.07, 6.45) is 1.80. The van der Waals surface area contributed by atoms with Crippen LogP contribution in [0.5, 0.6) is 0 Å². The van der Waals surface area contributed by atoms with E-state index < -0.39 is 0 Å². The van der Waals surface area contributed by atoms with E-state index in [1.165, 1.54) is 5.56 Å². The van der Waals surface area contributed by atoms with Crippen molar-refractivity contribution in [3.63, 3.8) is 0 Å². The van der Waals surface area contributed by atoms with Gasteiger partial charge in [-0.25, -0.2) is 14.8 Å². The smallest absolute Gasteiger partial charge is 0.314 e. The predicted molar refractivity (Wildman–Crippen MR) is 76.4 cm³/mol. The fourth-order valence-corrected chi connectivity index (χ4v) is 2.55. The molecule has 1 aliphatic heterocycles. The molecule has 3 rings (SSSR count). The van der Waals surface area contributed by atoms with Gasteiger partial charge < -0.3 is 4.90 Å². The van der Waals surface area contributed by atoms with Gasteiger partial charge in [-0.05, 0) is 24.6 Å². The molecular weight excluding hydrogens is 252 g/mol. The number of H-pyrrole nitrogens is 2. The highest BCUT2D eigenvalue weighted by atomic mass is 16.2. The SMILES string of the molecule is Cc1cccc(N2CCN(Cc3[nH+]c[nH]c3C)C2=O)c1. The van der Waals surface area contributed by atoms with Gasteiger partial charge in [-0.3, -0.25) is 4.90 Å². The van der Waals surface area contributed by atoms with Crippen LogP contribution in [0.2, 0.25) is 0 Å². The maximum atomic E-state index is 12.5. The van der Waals surface area contributed by atoms with Crippen molar-refractivity contribution in [3.8, 4) is 0 Å². The van der Waals surface area contributed by atoms with Gasteiger partial charge in [0.05, 0.1) is 6.54 Å². The number of imidazole rings is 1. The number of aromatic amines is 2. The zero-order chi connectivity index (χ0) is 14.1. The predicted octanol–water partition coefficient (Wildman–Crippen LogP) is 1.89. The van der Waals surface area contributed by atoms with Crippen LogP contribution in [-0.4, -0.2) is 29.0 Å². The molecule has 2 amide bonds. The number of benzene rings is 1. The Morgan fingerprint density at radius 2 is 2.15 bits per heavy atom. The van der Waals surface area contributed by atoms with Crippen molar-refractivity contribution >= 4 is 11.7 Å². The molecule has 2 heterocycles. The molecule has 1 aromatic carbocycles. The Hall–Kier alpha value is -2.30. The number of carbonyl (C=O) groups excluding carboxylic acids is 1. The van der Waals surface area contributed by atoms with Crippen molar-refractivity contribution < 1.29 is 9.78 Å². The number of hydrogen-bond acceptors (Lipinski definition) is 1. The van der Waals surface area contributed by atoms with E-state index in [0.717, 1.165) is 30.2 Å². The van der Waals surface area contributed by atoms with Crippen LogP contribution >= 0.6 is 0 Å². The van der Waals surface area contributed by atoms with Crippen LogP contribution in [0.4, 0.5) is 10.5 Å². The zero-order valence-electron chi connectivity index (χ0n) is 11.8. The average molecular weight is 271 g/mol. The third-order valence-electron chi connectivity index (χ3n) is 3.74. The normalized spacial score (nSPS) is 15.2. The molecule has 1 fully saturated rings. The van der Waals surface area contributed by atoms with Gasteiger partial charge in [-0.2, -0.15) is 0 Å². The maximum Gasteiger partial charge on any atom is 0.325 e. The van der Waals surface area contributed by atoms with Gasteiger partial charge in [0.2, 0.25) is 6.33 Å². The number of hydrogen-bond donors (Lipinski definition) is 1. The molecule has 1 aliphatic rings. The summed E-state index contributed by atoms with van der Waals surface area (Å²) in [6.45, 7) is 6.16. The third kappa shape index (κ3) is 2.27. The zero-order valence-corrected chi connectivity index (χ0v) is 11.8. The van der Waals surface area contributed by atoms with E-state index in [-0.39, 0.29) is 6.03 Å². The van der Waals surface area contributed by atoms with Crippen LogP contribution < -0.4 is 9.88 Å².